The van der Waals surface area contributed by atoms with Crippen LogP contribution < -0.4 is 0 Å². The fourth-order valence-corrected chi connectivity index (χ4v) is 3.12. The van der Waals surface area contributed by atoms with Crippen molar-refractivity contribution in [1.29, 1.82) is 0 Å². The molecule has 1 unspecified atom stereocenters. The lowest BCUT2D eigenvalue weighted by Crippen LogP contribution is -2.35. The van der Waals surface area contributed by atoms with Gasteiger partial charge >= 0.3 is 6.18 Å². The summed E-state index contributed by atoms with van der Waals surface area (Å²) in [5.74, 6) is 1.30. The Kier molecular flexibility index (Phi) is 4.88. The van der Waals surface area contributed by atoms with Crippen LogP contribution in [0.5, 0.6) is 0 Å². The van der Waals surface area contributed by atoms with Crippen molar-refractivity contribution < 1.29 is 13.2 Å². The highest BCUT2D eigenvalue weighted by molar-refractivity contribution is 5.09. The summed E-state index contributed by atoms with van der Waals surface area (Å²) in [6, 6.07) is 0. The number of halogens is 3. The van der Waals surface area contributed by atoms with E-state index in [1.165, 1.54) is 0 Å². The third kappa shape index (κ3) is 3.77. The Balaban J connectivity index is 1.66. The van der Waals surface area contributed by atoms with Crippen LogP contribution in [0.15, 0.2) is 12.5 Å². The summed E-state index contributed by atoms with van der Waals surface area (Å²) in [6.45, 7) is 5.13. The van der Waals surface area contributed by atoms with Gasteiger partial charge < -0.3 is 4.98 Å². The van der Waals surface area contributed by atoms with Crippen LogP contribution in [-0.4, -0.2) is 42.7 Å². The van der Waals surface area contributed by atoms with Gasteiger partial charge in [0.15, 0.2) is 0 Å². The molecule has 9 heteroatoms. The van der Waals surface area contributed by atoms with E-state index in [4.69, 9.17) is 0 Å². The molecular formula is C15H21F3N6. The summed E-state index contributed by atoms with van der Waals surface area (Å²) in [5, 5.41) is 4.21. The van der Waals surface area contributed by atoms with Crippen LogP contribution in [0.25, 0.3) is 0 Å². The van der Waals surface area contributed by atoms with Gasteiger partial charge in [-0.05, 0) is 25.8 Å². The van der Waals surface area contributed by atoms with Crippen molar-refractivity contribution in [3.63, 3.8) is 0 Å². The maximum Gasteiger partial charge on any atom is 0.432 e. The molecule has 1 aliphatic heterocycles. The van der Waals surface area contributed by atoms with Gasteiger partial charge in [0, 0.05) is 19.0 Å². The molecule has 0 amide bonds. The Morgan fingerprint density at radius 1 is 1.33 bits per heavy atom. The molecule has 0 aliphatic carbocycles. The molecule has 1 saturated heterocycles. The average molecular weight is 342 g/mol. The third-order valence-electron chi connectivity index (χ3n) is 4.29. The van der Waals surface area contributed by atoms with Crippen LogP contribution in [0.2, 0.25) is 0 Å². The maximum absolute atomic E-state index is 12.7. The predicted molar refractivity (Wildman–Crippen MR) is 81.2 cm³/mol. The van der Waals surface area contributed by atoms with E-state index in [0.717, 1.165) is 44.4 Å². The van der Waals surface area contributed by atoms with Crippen LogP contribution in [0, 0.1) is 0 Å². The highest BCUT2D eigenvalue weighted by Gasteiger charge is 2.34. The molecule has 2 aromatic heterocycles. The molecule has 1 N–H and O–H groups in total. The molecule has 0 radical (unpaired) electrons. The number of aromatic amines is 1. The molecule has 0 aromatic carbocycles. The van der Waals surface area contributed by atoms with Crippen LogP contribution in [0.3, 0.4) is 0 Å². The number of imidazole rings is 1. The topological polar surface area (TPSA) is 62.6 Å². The molecule has 1 fully saturated rings. The van der Waals surface area contributed by atoms with Gasteiger partial charge in [-0.3, -0.25) is 4.90 Å². The molecule has 1 atom stereocenters. The number of aromatic nitrogens is 5. The molecule has 0 bridgehead atoms. The molecule has 132 valence electrons. The first-order valence-corrected chi connectivity index (χ1v) is 8.18. The van der Waals surface area contributed by atoms with Gasteiger partial charge in [-0.15, -0.1) is 0 Å². The minimum absolute atomic E-state index is 0.0163. The quantitative estimate of drug-likeness (QED) is 0.908. The SMILES string of the molecule is CCCn1ncnc1CN1CCCC(c2ncc(C(F)(F)F)[nH]2)C1. The lowest BCUT2D eigenvalue weighted by Gasteiger charge is -2.31. The van der Waals surface area contributed by atoms with Gasteiger partial charge in [0.25, 0.3) is 0 Å². The number of likely N-dealkylation sites (tertiary alicyclic amines) is 1. The number of hydrogen-bond acceptors (Lipinski definition) is 4. The zero-order valence-corrected chi connectivity index (χ0v) is 13.6. The molecule has 3 rings (SSSR count). The summed E-state index contributed by atoms with van der Waals surface area (Å²) >= 11 is 0. The standard InChI is InChI=1S/C15H21F3N6/c1-2-5-24-13(20-10-21-24)9-23-6-3-4-11(8-23)14-19-7-12(22-14)15(16,17)18/h7,10-11H,2-6,8-9H2,1H3,(H,19,22). The van der Waals surface area contributed by atoms with Crippen LogP contribution in [-0.2, 0) is 19.3 Å². The highest BCUT2D eigenvalue weighted by atomic mass is 19.4. The fourth-order valence-electron chi connectivity index (χ4n) is 3.12. The van der Waals surface area contributed by atoms with Crippen LogP contribution >= 0.6 is 0 Å². The second-order valence-corrected chi connectivity index (χ2v) is 6.15. The third-order valence-corrected chi connectivity index (χ3v) is 4.29. The van der Waals surface area contributed by atoms with Gasteiger partial charge in [-0.25, -0.2) is 14.6 Å². The van der Waals surface area contributed by atoms with Crippen molar-refractivity contribution in [3.05, 3.63) is 29.9 Å². The largest absolute Gasteiger partial charge is 0.432 e. The molecule has 3 heterocycles. The molecule has 24 heavy (non-hydrogen) atoms. The van der Waals surface area contributed by atoms with Crippen molar-refractivity contribution in [2.75, 3.05) is 13.1 Å². The first kappa shape index (κ1) is 16.9. The monoisotopic (exact) mass is 342 g/mol. The Morgan fingerprint density at radius 3 is 2.88 bits per heavy atom. The first-order valence-electron chi connectivity index (χ1n) is 8.18. The second kappa shape index (κ2) is 6.92. The average Bonchev–Trinajstić information content (AvgIpc) is 3.18. The van der Waals surface area contributed by atoms with E-state index in [0.29, 0.717) is 18.9 Å². The normalized spacial score (nSPS) is 19.8. The van der Waals surface area contributed by atoms with E-state index in [1.54, 1.807) is 6.33 Å². The van der Waals surface area contributed by atoms with Crippen molar-refractivity contribution in [3.8, 4) is 0 Å². The van der Waals surface area contributed by atoms with Crippen molar-refractivity contribution in [2.24, 2.45) is 0 Å². The van der Waals surface area contributed by atoms with Gasteiger partial charge in [0.2, 0.25) is 0 Å². The first-order chi connectivity index (χ1) is 11.5. The summed E-state index contributed by atoms with van der Waals surface area (Å²) in [6.07, 6.45) is 0.792. The van der Waals surface area contributed by atoms with Crippen LogP contribution in [0.4, 0.5) is 13.2 Å². The lowest BCUT2D eigenvalue weighted by atomic mass is 9.97. The molecule has 6 nitrogen and oxygen atoms in total. The van der Waals surface area contributed by atoms with Gasteiger partial charge in [-0.1, -0.05) is 6.92 Å². The number of alkyl halides is 3. The van der Waals surface area contributed by atoms with Crippen molar-refractivity contribution in [2.45, 2.75) is 51.4 Å². The molecular weight excluding hydrogens is 321 g/mol. The molecule has 1 aliphatic rings. The molecule has 2 aromatic rings. The van der Waals surface area contributed by atoms with Gasteiger partial charge in [0.1, 0.15) is 23.7 Å². The number of hydrogen-bond donors (Lipinski definition) is 1. The number of nitrogens with one attached hydrogen (secondary N) is 1. The van der Waals surface area contributed by atoms with Crippen molar-refractivity contribution in [1.82, 2.24) is 29.6 Å². The Morgan fingerprint density at radius 2 is 2.17 bits per heavy atom. The highest BCUT2D eigenvalue weighted by Crippen LogP contribution is 2.31. The Hall–Kier alpha value is -1.90. The zero-order valence-electron chi connectivity index (χ0n) is 13.6. The fraction of sp³-hybridized carbons (Fsp3) is 0.667. The summed E-state index contributed by atoms with van der Waals surface area (Å²) in [4.78, 5) is 12.9. The number of piperidine rings is 1. The lowest BCUT2D eigenvalue weighted by molar-refractivity contribution is -0.141. The number of nitrogens with zero attached hydrogens (tertiary/aromatic N) is 5. The van der Waals surface area contributed by atoms with E-state index in [9.17, 15) is 13.2 Å². The second-order valence-electron chi connectivity index (χ2n) is 6.15. The molecule has 0 saturated carbocycles. The number of H-pyrrole nitrogens is 1. The van der Waals surface area contributed by atoms with Gasteiger partial charge in [-0.2, -0.15) is 18.3 Å². The van der Waals surface area contributed by atoms with E-state index >= 15 is 0 Å². The smallest absolute Gasteiger partial charge is 0.338 e. The van der Waals surface area contributed by atoms with E-state index < -0.39 is 11.9 Å². The summed E-state index contributed by atoms with van der Waals surface area (Å²) in [5.41, 5.74) is -0.780. The Bertz CT molecular complexity index is 662. The zero-order chi connectivity index (χ0) is 17.2. The van der Waals surface area contributed by atoms with Gasteiger partial charge in [0.05, 0.1) is 12.7 Å². The molecule has 0 spiro atoms. The maximum atomic E-state index is 12.7. The summed E-state index contributed by atoms with van der Waals surface area (Å²) < 4.78 is 40.0. The Labute approximate surface area is 138 Å². The van der Waals surface area contributed by atoms with Crippen LogP contribution in [0.1, 0.15) is 49.4 Å². The predicted octanol–water partition coefficient (Wildman–Crippen LogP) is 2.81. The van der Waals surface area contributed by atoms with E-state index in [2.05, 4.69) is 31.9 Å². The van der Waals surface area contributed by atoms with E-state index in [-0.39, 0.29) is 5.92 Å². The summed E-state index contributed by atoms with van der Waals surface area (Å²) in [7, 11) is 0. The number of rotatable bonds is 5. The van der Waals surface area contributed by atoms with E-state index in [1.807, 2.05) is 4.68 Å². The minimum Gasteiger partial charge on any atom is -0.338 e. The minimum atomic E-state index is -4.38. The number of aryl methyl sites for hydroxylation is 1. The van der Waals surface area contributed by atoms with Crippen molar-refractivity contribution >= 4 is 0 Å².